The summed E-state index contributed by atoms with van der Waals surface area (Å²) >= 11 is 0. The van der Waals surface area contributed by atoms with Crippen LogP contribution >= 0.6 is 0 Å². The minimum Gasteiger partial charge on any atom is -0.342 e. The molecule has 0 saturated carbocycles. The van der Waals surface area contributed by atoms with Crippen molar-refractivity contribution in [3.8, 4) is 0 Å². The van der Waals surface area contributed by atoms with E-state index in [0.717, 1.165) is 45.6 Å². The Hall–Kier alpha value is -1.35. The quantitative estimate of drug-likeness (QED) is 0.849. The molecule has 1 amide bonds. The molecule has 2 fully saturated rings. The smallest absolute Gasteiger partial charge is 0.225 e. The topological polar surface area (TPSA) is 23.6 Å². The van der Waals surface area contributed by atoms with E-state index in [0.29, 0.717) is 11.8 Å². The van der Waals surface area contributed by atoms with Crippen molar-refractivity contribution in [3.05, 3.63) is 35.9 Å². The average Bonchev–Trinajstić information content (AvgIpc) is 2.63. The number of hydrogen-bond donors (Lipinski definition) is 0. The van der Waals surface area contributed by atoms with Gasteiger partial charge >= 0.3 is 0 Å². The van der Waals surface area contributed by atoms with Gasteiger partial charge in [-0.2, -0.15) is 0 Å². The Labute approximate surface area is 140 Å². The van der Waals surface area contributed by atoms with Crippen molar-refractivity contribution in [2.75, 3.05) is 32.7 Å². The third kappa shape index (κ3) is 4.35. The summed E-state index contributed by atoms with van der Waals surface area (Å²) in [4.78, 5) is 17.3. The molecule has 0 unspecified atom stereocenters. The second-order valence-electron chi connectivity index (χ2n) is 7.27. The zero-order valence-corrected chi connectivity index (χ0v) is 14.4. The molecular formula is C20H30N2O. The second-order valence-corrected chi connectivity index (χ2v) is 7.27. The van der Waals surface area contributed by atoms with Crippen LogP contribution in [0.15, 0.2) is 30.3 Å². The maximum atomic E-state index is 12.6. The van der Waals surface area contributed by atoms with Crippen molar-refractivity contribution in [1.82, 2.24) is 9.80 Å². The van der Waals surface area contributed by atoms with Gasteiger partial charge in [-0.3, -0.25) is 4.79 Å². The zero-order valence-electron chi connectivity index (χ0n) is 14.4. The largest absolute Gasteiger partial charge is 0.342 e. The van der Waals surface area contributed by atoms with Gasteiger partial charge in [0.2, 0.25) is 5.91 Å². The summed E-state index contributed by atoms with van der Waals surface area (Å²) < 4.78 is 0. The van der Waals surface area contributed by atoms with Gasteiger partial charge in [0.1, 0.15) is 0 Å². The average molecular weight is 314 g/mol. The lowest BCUT2D eigenvalue weighted by atomic mass is 9.93. The van der Waals surface area contributed by atoms with Gasteiger partial charge in [0.15, 0.2) is 0 Å². The highest BCUT2D eigenvalue weighted by Crippen LogP contribution is 2.24. The molecule has 1 atom stereocenters. The number of piperidine rings is 2. The van der Waals surface area contributed by atoms with E-state index in [-0.39, 0.29) is 5.92 Å². The Morgan fingerprint density at radius 2 is 1.70 bits per heavy atom. The molecule has 126 valence electrons. The fourth-order valence-electron chi connectivity index (χ4n) is 4.01. The molecule has 2 aliphatic rings. The van der Waals surface area contributed by atoms with Crippen LogP contribution in [0.4, 0.5) is 0 Å². The lowest BCUT2D eigenvalue weighted by molar-refractivity contribution is -0.138. The van der Waals surface area contributed by atoms with Crippen LogP contribution in [0.25, 0.3) is 0 Å². The number of benzene rings is 1. The number of carbonyl (C=O) groups excluding carboxylic acids is 1. The Bertz CT molecular complexity index is 488. The molecule has 3 nitrogen and oxygen atoms in total. The molecule has 2 aliphatic heterocycles. The van der Waals surface area contributed by atoms with Crippen molar-refractivity contribution in [2.24, 2.45) is 5.92 Å². The van der Waals surface area contributed by atoms with Crippen LogP contribution in [0.1, 0.15) is 50.5 Å². The molecule has 1 aromatic carbocycles. The summed E-state index contributed by atoms with van der Waals surface area (Å²) in [5.41, 5.74) is 1.42. The van der Waals surface area contributed by atoms with Crippen LogP contribution in [0.2, 0.25) is 0 Å². The maximum Gasteiger partial charge on any atom is 0.225 e. The maximum absolute atomic E-state index is 12.6. The highest BCUT2D eigenvalue weighted by Gasteiger charge is 2.29. The van der Waals surface area contributed by atoms with Gasteiger partial charge in [-0.25, -0.2) is 0 Å². The highest BCUT2D eigenvalue weighted by molar-refractivity contribution is 5.79. The molecular weight excluding hydrogens is 284 g/mol. The second kappa shape index (κ2) is 7.96. The lowest BCUT2D eigenvalue weighted by Gasteiger charge is -2.36. The molecule has 0 bridgehead atoms. The molecule has 1 aromatic rings. The van der Waals surface area contributed by atoms with Gasteiger partial charge < -0.3 is 9.80 Å². The van der Waals surface area contributed by atoms with Crippen LogP contribution in [0.3, 0.4) is 0 Å². The van der Waals surface area contributed by atoms with Gasteiger partial charge in [0, 0.05) is 25.6 Å². The molecule has 2 heterocycles. The van der Waals surface area contributed by atoms with Gasteiger partial charge in [-0.05, 0) is 56.7 Å². The predicted octanol–water partition coefficient (Wildman–Crippen LogP) is 3.51. The van der Waals surface area contributed by atoms with Gasteiger partial charge in [-0.1, -0.05) is 37.3 Å². The van der Waals surface area contributed by atoms with Crippen LogP contribution < -0.4 is 0 Å². The summed E-state index contributed by atoms with van der Waals surface area (Å²) in [6.07, 6.45) is 5.76. The first-order chi connectivity index (χ1) is 11.2. The van der Waals surface area contributed by atoms with Gasteiger partial charge in [0.25, 0.3) is 0 Å². The standard InChI is InChI=1S/C20H30N2O/c1-17(18-8-4-2-5-9-18)16-21-14-10-19(11-15-21)20(23)22-12-6-3-7-13-22/h2,4-5,8-9,17,19H,3,6-7,10-16H2,1H3/t17-/m1/s1. The Balaban J connectivity index is 1.45. The summed E-state index contributed by atoms with van der Waals surface area (Å²) in [7, 11) is 0. The first-order valence-electron chi connectivity index (χ1n) is 9.30. The number of carbonyl (C=O) groups is 1. The molecule has 3 heteroatoms. The van der Waals surface area contributed by atoms with E-state index in [1.807, 2.05) is 0 Å². The van der Waals surface area contributed by atoms with Crippen molar-refractivity contribution >= 4 is 5.91 Å². The number of likely N-dealkylation sites (tertiary alicyclic amines) is 2. The van der Waals surface area contributed by atoms with E-state index >= 15 is 0 Å². The predicted molar refractivity (Wildman–Crippen MR) is 94.5 cm³/mol. The van der Waals surface area contributed by atoms with Gasteiger partial charge in [-0.15, -0.1) is 0 Å². The Kier molecular flexibility index (Phi) is 5.71. The molecule has 2 saturated heterocycles. The van der Waals surface area contributed by atoms with Crippen molar-refractivity contribution < 1.29 is 4.79 Å². The minimum atomic E-state index is 0.274. The number of nitrogens with zero attached hydrogens (tertiary/aromatic N) is 2. The molecule has 0 aromatic heterocycles. The molecule has 23 heavy (non-hydrogen) atoms. The molecule has 3 rings (SSSR count). The van der Waals surface area contributed by atoms with Crippen molar-refractivity contribution in [2.45, 2.75) is 44.9 Å². The molecule has 0 spiro atoms. The van der Waals surface area contributed by atoms with Crippen LogP contribution in [0.5, 0.6) is 0 Å². The van der Waals surface area contributed by atoms with Crippen LogP contribution in [-0.2, 0) is 4.79 Å². The van der Waals surface area contributed by atoms with Crippen LogP contribution in [-0.4, -0.2) is 48.4 Å². The minimum absolute atomic E-state index is 0.274. The summed E-state index contributed by atoms with van der Waals surface area (Å²) in [5.74, 6) is 1.27. The van der Waals surface area contributed by atoms with E-state index in [4.69, 9.17) is 0 Å². The molecule has 0 radical (unpaired) electrons. The third-order valence-electron chi connectivity index (χ3n) is 5.51. The number of rotatable bonds is 4. The normalized spacial score (nSPS) is 22.0. The summed E-state index contributed by atoms with van der Waals surface area (Å²) in [6.45, 7) is 7.53. The van der Waals surface area contributed by atoms with E-state index in [1.165, 1.54) is 24.8 Å². The molecule has 0 N–H and O–H groups in total. The van der Waals surface area contributed by atoms with Crippen LogP contribution in [0, 0.1) is 5.92 Å². The van der Waals surface area contributed by atoms with E-state index in [1.54, 1.807) is 0 Å². The zero-order chi connectivity index (χ0) is 16.1. The van der Waals surface area contributed by atoms with E-state index in [2.05, 4.69) is 47.1 Å². The number of hydrogen-bond acceptors (Lipinski definition) is 2. The monoisotopic (exact) mass is 314 g/mol. The summed E-state index contributed by atoms with van der Waals surface area (Å²) in [5, 5.41) is 0. The van der Waals surface area contributed by atoms with Gasteiger partial charge in [0.05, 0.1) is 0 Å². The fraction of sp³-hybridized carbons (Fsp3) is 0.650. The van der Waals surface area contributed by atoms with Crippen molar-refractivity contribution in [1.29, 1.82) is 0 Å². The van der Waals surface area contributed by atoms with E-state index in [9.17, 15) is 4.79 Å². The van der Waals surface area contributed by atoms with Crippen molar-refractivity contribution in [3.63, 3.8) is 0 Å². The number of amides is 1. The first kappa shape index (κ1) is 16.5. The third-order valence-corrected chi connectivity index (χ3v) is 5.51. The molecule has 0 aliphatic carbocycles. The lowest BCUT2D eigenvalue weighted by Crippen LogP contribution is -2.44. The fourth-order valence-corrected chi connectivity index (χ4v) is 4.01. The Morgan fingerprint density at radius 1 is 1.04 bits per heavy atom. The summed E-state index contributed by atoms with van der Waals surface area (Å²) in [6, 6.07) is 10.8. The first-order valence-corrected chi connectivity index (χ1v) is 9.30. The van der Waals surface area contributed by atoms with E-state index < -0.39 is 0 Å². The SMILES string of the molecule is C[C@H](CN1CCC(C(=O)N2CCCCC2)CC1)c1ccccc1. The Morgan fingerprint density at radius 3 is 2.35 bits per heavy atom. The highest BCUT2D eigenvalue weighted by atomic mass is 16.2.